The Morgan fingerprint density at radius 2 is 2.16 bits per heavy atom. The Hall–Kier alpha value is -1.96. The van der Waals surface area contributed by atoms with Crippen LogP contribution in [0.1, 0.15) is 21.5 Å². The summed E-state index contributed by atoms with van der Waals surface area (Å²) in [6, 6.07) is 7.88. The molecule has 1 atom stereocenters. The van der Waals surface area contributed by atoms with Crippen LogP contribution in [0.3, 0.4) is 0 Å². The molecule has 1 N–H and O–H groups in total. The van der Waals surface area contributed by atoms with E-state index in [1.807, 2.05) is 17.5 Å². The molecule has 1 aromatic carbocycles. The lowest BCUT2D eigenvalue weighted by Crippen LogP contribution is -2.35. The van der Waals surface area contributed by atoms with Gasteiger partial charge in [0.15, 0.2) is 6.10 Å². The van der Waals surface area contributed by atoms with Crippen LogP contribution in [0.5, 0.6) is 0 Å². The normalized spacial score (nSPS) is 12.1. The number of hydrogen-bond acceptors (Lipinski definition) is 5. The molecule has 0 fully saturated rings. The van der Waals surface area contributed by atoms with E-state index in [1.165, 1.54) is 36.5 Å². The highest BCUT2D eigenvalue weighted by Gasteiger charge is 2.23. The van der Waals surface area contributed by atoms with Gasteiger partial charge in [0.05, 0.1) is 11.6 Å². The first-order chi connectivity index (χ1) is 12.0. The van der Waals surface area contributed by atoms with Gasteiger partial charge in [0.2, 0.25) is 0 Å². The molecule has 25 heavy (non-hydrogen) atoms. The third-order valence-electron chi connectivity index (χ3n) is 3.45. The Morgan fingerprint density at radius 1 is 1.36 bits per heavy atom. The lowest BCUT2D eigenvalue weighted by atomic mass is 10.2. The molecule has 0 aliphatic heterocycles. The van der Waals surface area contributed by atoms with Crippen molar-refractivity contribution in [3.8, 4) is 0 Å². The minimum absolute atomic E-state index is 0.153. The van der Waals surface area contributed by atoms with E-state index in [0.29, 0.717) is 16.6 Å². The maximum Gasteiger partial charge on any atom is 0.350 e. The molecule has 0 spiro atoms. The molecule has 0 saturated heterocycles. The SMILES string of the molecule is CC(OC(=O)c1sc2cc(F)ccc2c1Cl)C(=O)NCc1cccs1. The number of thiophene rings is 2. The highest BCUT2D eigenvalue weighted by atomic mass is 35.5. The Bertz CT molecular complexity index is 924. The lowest BCUT2D eigenvalue weighted by Gasteiger charge is -2.12. The molecule has 130 valence electrons. The van der Waals surface area contributed by atoms with Crippen LogP contribution in [0, 0.1) is 5.82 Å². The second-order valence-corrected chi connectivity index (χ2v) is 7.69. The van der Waals surface area contributed by atoms with Crippen molar-refractivity contribution in [2.75, 3.05) is 0 Å². The molecule has 2 heterocycles. The van der Waals surface area contributed by atoms with Gasteiger partial charge in [-0.1, -0.05) is 17.7 Å². The van der Waals surface area contributed by atoms with Gasteiger partial charge in [-0.05, 0) is 36.6 Å². The number of hydrogen-bond donors (Lipinski definition) is 1. The van der Waals surface area contributed by atoms with Crippen molar-refractivity contribution in [2.24, 2.45) is 0 Å². The van der Waals surface area contributed by atoms with Gasteiger partial charge in [0, 0.05) is 15.0 Å². The number of amides is 1. The minimum Gasteiger partial charge on any atom is -0.448 e. The van der Waals surface area contributed by atoms with Gasteiger partial charge in [-0.25, -0.2) is 9.18 Å². The molecule has 4 nitrogen and oxygen atoms in total. The van der Waals surface area contributed by atoms with Gasteiger partial charge < -0.3 is 10.1 Å². The topological polar surface area (TPSA) is 55.4 Å². The Kier molecular flexibility index (Phi) is 5.36. The highest BCUT2D eigenvalue weighted by Crippen LogP contribution is 2.36. The summed E-state index contributed by atoms with van der Waals surface area (Å²) in [7, 11) is 0. The zero-order chi connectivity index (χ0) is 18.0. The molecule has 3 aromatic rings. The lowest BCUT2D eigenvalue weighted by molar-refractivity contribution is -0.129. The summed E-state index contributed by atoms with van der Waals surface area (Å²) in [6.45, 7) is 1.86. The average Bonchev–Trinajstić information content (AvgIpc) is 3.20. The van der Waals surface area contributed by atoms with Crippen molar-refractivity contribution in [1.82, 2.24) is 5.32 Å². The molecule has 0 aliphatic carbocycles. The van der Waals surface area contributed by atoms with Gasteiger partial charge in [-0.3, -0.25) is 4.79 Å². The van der Waals surface area contributed by atoms with Crippen LogP contribution in [0.4, 0.5) is 4.39 Å². The Balaban J connectivity index is 1.67. The van der Waals surface area contributed by atoms with E-state index in [-0.39, 0.29) is 9.90 Å². The number of carbonyl (C=O) groups excluding carboxylic acids is 2. The molecule has 0 bridgehead atoms. The van der Waals surface area contributed by atoms with Gasteiger partial charge in [-0.15, -0.1) is 22.7 Å². The third-order valence-corrected chi connectivity index (χ3v) is 5.96. The van der Waals surface area contributed by atoms with Gasteiger partial charge in [0.1, 0.15) is 10.7 Å². The molecular formula is C17H13ClFNO3S2. The van der Waals surface area contributed by atoms with Crippen LogP contribution in [0.25, 0.3) is 10.1 Å². The monoisotopic (exact) mass is 397 g/mol. The smallest absolute Gasteiger partial charge is 0.350 e. The van der Waals surface area contributed by atoms with Crippen molar-refractivity contribution in [3.05, 3.63) is 56.3 Å². The second-order valence-electron chi connectivity index (χ2n) is 5.23. The van der Waals surface area contributed by atoms with Crippen LogP contribution < -0.4 is 5.32 Å². The second kappa shape index (κ2) is 7.51. The van der Waals surface area contributed by atoms with Crippen molar-refractivity contribution in [3.63, 3.8) is 0 Å². The van der Waals surface area contributed by atoms with Crippen LogP contribution >= 0.6 is 34.3 Å². The fraction of sp³-hybridized carbons (Fsp3) is 0.176. The van der Waals surface area contributed by atoms with Crippen LogP contribution in [-0.2, 0) is 16.1 Å². The summed E-state index contributed by atoms with van der Waals surface area (Å²) in [6.07, 6.45) is -0.967. The standard InChI is InChI=1S/C17H13ClFNO3S2/c1-9(16(21)20-8-11-3-2-6-24-11)23-17(22)15-14(18)12-5-4-10(19)7-13(12)25-15/h2-7,9H,8H2,1H3,(H,20,21). The van der Waals surface area contributed by atoms with E-state index in [2.05, 4.69) is 5.32 Å². The first-order valence-corrected chi connectivity index (χ1v) is 9.41. The fourth-order valence-corrected chi connectivity index (χ4v) is 4.23. The quantitative estimate of drug-likeness (QED) is 0.639. The Labute approximate surface area is 156 Å². The van der Waals surface area contributed by atoms with Gasteiger partial charge in [0.25, 0.3) is 5.91 Å². The minimum atomic E-state index is -0.967. The molecule has 1 unspecified atom stereocenters. The first-order valence-electron chi connectivity index (χ1n) is 7.34. The van der Waals surface area contributed by atoms with Gasteiger partial charge >= 0.3 is 5.97 Å². The Morgan fingerprint density at radius 3 is 2.88 bits per heavy atom. The zero-order valence-electron chi connectivity index (χ0n) is 13.0. The predicted molar refractivity (Wildman–Crippen MR) is 97.8 cm³/mol. The largest absolute Gasteiger partial charge is 0.448 e. The van der Waals surface area contributed by atoms with Gasteiger partial charge in [-0.2, -0.15) is 0 Å². The van der Waals surface area contributed by atoms with E-state index in [1.54, 1.807) is 0 Å². The molecule has 2 aromatic heterocycles. The van der Waals surface area contributed by atoms with E-state index in [9.17, 15) is 14.0 Å². The number of carbonyl (C=O) groups is 2. The molecule has 8 heteroatoms. The van der Waals surface area contributed by atoms with Crippen LogP contribution in [0.2, 0.25) is 5.02 Å². The van der Waals surface area contributed by atoms with Crippen molar-refractivity contribution < 1.29 is 18.7 Å². The van der Waals surface area contributed by atoms with Crippen molar-refractivity contribution >= 4 is 56.2 Å². The molecule has 1 amide bonds. The zero-order valence-corrected chi connectivity index (χ0v) is 15.4. The summed E-state index contributed by atoms with van der Waals surface area (Å²) < 4.78 is 19.0. The molecule has 3 rings (SSSR count). The van der Waals surface area contributed by atoms with E-state index in [4.69, 9.17) is 16.3 Å². The molecule has 0 radical (unpaired) electrons. The summed E-state index contributed by atoms with van der Waals surface area (Å²) in [5, 5.41) is 5.40. The van der Waals surface area contributed by atoms with Crippen LogP contribution in [0.15, 0.2) is 35.7 Å². The van der Waals surface area contributed by atoms with E-state index >= 15 is 0 Å². The predicted octanol–water partition coefficient (Wildman–Crippen LogP) is 4.62. The van der Waals surface area contributed by atoms with E-state index < -0.39 is 23.8 Å². The third kappa shape index (κ3) is 4.00. The number of esters is 1. The fourth-order valence-electron chi connectivity index (χ4n) is 2.17. The van der Waals surface area contributed by atoms with Crippen molar-refractivity contribution in [1.29, 1.82) is 0 Å². The summed E-state index contributed by atoms with van der Waals surface area (Å²) >= 11 is 8.74. The highest BCUT2D eigenvalue weighted by molar-refractivity contribution is 7.21. The van der Waals surface area contributed by atoms with Crippen LogP contribution in [-0.4, -0.2) is 18.0 Å². The number of benzene rings is 1. The molecule has 0 saturated carbocycles. The first kappa shape index (κ1) is 17.8. The maximum atomic E-state index is 13.3. The number of halogens is 2. The average molecular weight is 398 g/mol. The summed E-state index contributed by atoms with van der Waals surface area (Å²) in [4.78, 5) is 25.5. The number of rotatable bonds is 5. The maximum absolute atomic E-state index is 13.3. The summed E-state index contributed by atoms with van der Waals surface area (Å²) in [5.41, 5.74) is 0. The number of fused-ring (bicyclic) bond motifs is 1. The van der Waals surface area contributed by atoms with Crippen molar-refractivity contribution in [2.45, 2.75) is 19.6 Å². The summed E-state index contributed by atoms with van der Waals surface area (Å²) in [5.74, 6) is -1.51. The molecular weight excluding hydrogens is 385 g/mol. The molecule has 0 aliphatic rings. The number of ether oxygens (including phenoxy) is 1. The number of nitrogens with one attached hydrogen (secondary N) is 1. The van der Waals surface area contributed by atoms with E-state index in [0.717, 1.165) is 16.2 Å².